The van der Waals surface area contributed by atoms with Gasteiger partial charge in [0.05, 0.1) is 11.1 Å². The van der Waals surface area contributed by atoms with Gasteiger partial charge in [0, 0.05) is 35.1 Å². The van der Waals surface area contributed by atoms with Crippen molar-refractivity contribution in [1.29, 1.82) is 0 Å². The molecule has 1 aliphatic rings. The number of carbonyl (C=O) groups excluding carboxylic acids is 3. The summed E-state index contributed by atoms with van der Waals surface area (Å²) in [5, 5.41) is 20.1. The van der Waals surface area contributed by atoms with E-state index in [-0.39, 0.29) is 52.0 Å². The first-order valence-electron chi connectivity index (χ1n) is 8.19. The Bertz CT molecular complexity index is 971. The van der Waals surface area contributed by atoms with E-state index in [1.165, 1.54) is 12.1 Å². The van der Waals surface area contributed by atoms with Gasteiger partial charge in [-0.2, -0.15) is 0 Å². The second-order valence-corrected chi connectivity index (χ2v) is 6.08. The number of fused-ring (bicyclic) bond motifs is 2. The Labute approximate surface area is 149 Å². The third-order valence-corrected chi connectivity index (χ3v) is 4.57. The first-order valence-corrected chi connectivity index (χ1v) is 8.19. The summed E-state index contributed by atoms with van der Waals surface area (Å²) in [7, 11) is 0. The van der Waals surface area contributed by atoms with Crippen molar-refractivity contribution in [3.63, 3.8) is 0 Å². The molecule has 0 saturated heterocycles. The molecule has 0 unspecified atom stereocenters. The highest BCUT2D eigenvalue weighted by molar-refractivity contribution is 6.29. The lowest BCUT2D eigenvalue weighted by Gasteiger charge is -2.21. The SMILES string of the molecule is CCC(=O)CCc1c(C(=O)O)cc2c(c1O)C(=O)c1ccccc1C2=O. The number of phenolic OH excluding ortho intramolecular Hbond substituents is 1. The maximum absolute atomic E-state index is 12.8. The summed E-state index contributed by atoms with van der Waals surface area (Å²) in [4.78, 5) is 48.7. The van der Waals surface area contributed by atoms with E-state index >= 15 is 0 Å². The predicted molar refractivity (Wildman–Crippen MR) is 92.0 cm³/mol. The highest BCUT2D eigenvalue weighted by Gasteiger charge is 2.35. The molecule has 0 aliphatic heterocycles. The molecule has 2 aromatic carbocycles. The van der Waals surface area contributed by atoms with E-state index in [0.717, 1.165) is 6.07 Å². The van der Waals surface area contributed by atoms with Gasteiger partial charge in [-0.25, -0.2) is 4.79 Å². The van der Waals surface area contributed by atoms with Crippen LogP contribution in [0.1, 0.15) is 67.5 Å². The standard InChI is InChI=1S/C20H16O6/c1-2-10(21)7-8-13-14(20(25)26)9-15-16(19(13)24)18(23)12-6-4-3-5-11(12)17(15)22/h3-6,9,24H,2,7-8H2,1H3,(H,25,26). The van der Waals surface area contributed by atoms with Gasteiger partial charge in [-0.1, -0.05) is 31.2 Å². The zero-order valence-electron chi connectivity index (χ0n) is 14.0. The van der Waals surface area contributed by atoms with Gasteiger partial charge in [-0.05, 0) is 12.5 Å². The van der Waals surface area contributed by atoms with E-state index in [1.807, 2.05) is 0 Å². The fourth-order valence-electron chi connectivity index (χ4n) is 3.16. The molecule has 0 aromatic heterocycles. The molecule has 2 N–H and O–H groups in total. The Balaban J connectivity index is 2.21. The maximum atomic E-state index is 12.8. The van der Waals surface area contributed by atoms with E-state index in [2.05, 4.69) is 0 Å². The Kier molecular flexibility index (Phi) is 4.42. The summed E-state index contributed by atoms with van der Waals surface area (Å²) < 4.78 is 0. The molecule has 1 aliphatic carbocycles. The Hall–Kier alpha value is -3.28. The number of carbonyl (C=O) groups is 4. The van der Waals surface area contributed by atoms with Crippen molar-refractivity contribution < 1.29 is 29.4 Å². The zero-order valence-corrected chi connectivity index (χ0v) is 14.0. The molecule has 3 rings (SSSR count). The van der Waals surface area contributed by atoms with Crippen molar-refractivity contribution in [3.05, 3.63) is 63.7 Å². The summed E-state index contributed by atoms with van der Waals surface area (Å²) in [6.07, 6.45) is 0.317. The lowest BCUT2D eigenvalue weighted by molar-refractivity contribution is -0.118. The van der Waals surface area contributed by atoms with Gasteiger partial charge in [-0.3, -0.25) is 14.4 Å². The van der Waals surface area contributed by atoms with Crippen molar-refractivity contribution in [2.75, 3.05) is 0 Å². The van der Waals surface area contributed by atoms with Crippen molar-refractivity contribution in [3.8, 4) is 5.75 Å². The van der Waals surface area contributed by atoms with Crippen molar-refractivity contribution in [1.82, 2.24) is 0 Å². The fraction of sp³-hybridized carbons (Fsp3) is 0.200. The average molecular weight is 352 g/mol. The molecule has 0 radical (unpaired) electrons. The van der Waals surface area contributed by atoms with Gasteiger partial charge < -0.3 is 10.2 Å². The Morgan fingerprint density at radius 1 is 1.00 bits per heavy atom. The van der Waals surface area contributed by atoms with Crippen LogP contribution in [0.2, 0.25) is 0 Å². The number of ketones is 3. The molecule has 2 aromatic rings. The minimum atomic E-state index is -1.33. The van der Waals surface area contributed by atoms with Crippen LogP contribution >= 0.6 is 0 Å². The van der Waals surface area contributed by atoms with Crippen LogP contribution in [0.15, 0.2) is 30.3 Å². The highest BCUT2D eigenvalue weighted by Crippen LogP contribution is 2.37. The molecule has 0 amide bonds. The number of Topliss-reactive ketones (excluding diaryl/α,β-unsaturated/α-hetero) is 1. The topological polar surface area (TPSA) is 109 Å². The number of phenols is 1. The van der Waals surface area contributed by atoms with Gasteiger partial charge in [0.2, 0.25) is 0 Å². The Morgan fingerprint density at radius 3 is 2.19 bits per heavy atom. The molecule has 0 fully saturated rings. The lowest BCUT2D eigenvalue weighted by atomic mass is 9.80. The molecule has 26 heavy (non-hydrogen) atoms. The van der Waals surface area contributed by atoms with E-state index in [4.69, 9.17) is 0 Å². The minimum Gasteiger partial charge on any atom is -0.507 e. The van der Waals surface area contributed by atoms with E-state index < -0.39 is 23.3 Å². The van der Waals surface area contributed by atoms with Crippen LogP contribution in [0.4, 0.5) is 0 Å². The summed E-state index contributed by atoms with van der Waals surface area (Å²) in [5.74, 6) is -3.00. The second kappa shape index (κ2) is 6.55. The van der Waals surface area contributed by atoms with Crippen LogP contribution in [-0.4, -0.2) is 33.5 Å². The molecular weight excluding hydrogens is 336 g/mol. The number of aromatic hydroxyl groups is 1. The summed E-state index contributed by atoms with van der Waals surface area (Å²) in [6.45, 7) is 1.69. The predicted octanol–water partition coefficient (Wildman–Crippen LogP) is 2.78. The lowest BCUT2D eigenvalue weighted by Crippen LogP contribution is -2.23. The molecule has 0 heterocycles. The summed E-state index contributed by atoms with van der Waals surface area (Å²) in [6, 6.07) is 7.32. The summed E-state index contributed by atoms with van der Waals surface area (Å²) in [5.41, 5.74) is -0.260. The van der Waals surface area contributed by atoms with Gasteiger partial charge >= 0.3 is 5.97 Å². The van der Waals surface area contributed by atoms with E-state index in [1.54, 1.807) is 19.1 Å². The Morgan fingerprint density at radius 2 is 1.62 bits per heavy atom. The first-order chi connectivity index (χ1) is 12.4. The molecule has 0 spiro atoms. The van der Waals surface area contributed by atoms with Gasteiger partial charge in [0.1, 0.15) is 11.5 Å². The highest BCUT2D eigenvalue weighted by atomic mass is 16.4. The van der Waals surface area contributed by atoms with Crippen LogP contribution in [0, 0.1) is 0 Å². The number of carboxylic acids is 1. The molecule has 0 atom stereocenters. The average Bonchev–Trinajstić information content (AvgIpc) is 2.64. The van der Waals surface area contributed by atoms with E-state index in [0.29, 0.717) is 6.42 Å². The summed E-state index contributed by atoms with van der Waals surface area (Å²) >= 11 is 0. The monoisotopic (exact) mass is 352 g/mol. The van der Waals surface area contributed by atoms with Crippen molar-refractivity contribution >= 4 is 23.3 Å². The largest absolute Gasteiger partial charge is 0.507 e. The molecule has 0 saturated carbocycles. The molecular formula is C20H16O6. The second-order valence-electron chi connectivity index (χ2n) is 6.08. The third kappa shape index (κ3) is 2.69. The van der Waals surface area contributed by atoms with Crippen LogP contribution in [0.25, 0.3) is 0 Å². The van der Waals surface area contributed by atoms with Gasteiger partial charge in [-0.15, -0.1) is 0 Å². The number of rotatable bonds is 5. The number of aromatic carboxylic acids is 1. The zero-order chi connectivity index (χ0) is 19.0. The molecule has 132 valence electrons. The van der Waals surface area contributed by atoms with Gasteiger partial charge in [0.25, 0.3) is 0 Å². The number of carboxylic acid groups (broad SMARTS) is 1. The minimum absolute atomic E-state index is 0.00131. The molecule has 6 nitrogen and oxygen atoms in total. The quantitative estimate of drug-likeness (QED) is 0.731. The van der Waals surface area contributed by atoms with E-state index in [9.17, 15) is 29.4 Å². The van der Waals surface area contributed by atoms with Crippen LogP contribution in [-0.2, 0) is 11.2 Å². The van der Waals surface area contributed by atoms with Crippen molar-refractivity contribution in [2.45, 2.75) is 26.2 Å². The third-order valence-electron chi connectivity index (χ3n) is 4.57. The fourth-order valence-corrected chi connectivity index (χ4v) is 3.16. The number of hydrogen-bond donors (Lipinski definition) is 2. The van der Waals surface area contributed by atoms with Crippen LogP contribution in [0.3, 0.4) is 0 Å². The first kappa shape index (κ1) is 17.5. The number of hydrogen-bond acceptors (Lipinski definition) is 5. The normalized spacial score (nSPS) is 12.5. The van der Waals surface area contributed by atoms with Crippen LogP contribution < -0.4 is 0 Å². The molecule has 0 bridgehead atoms. The van der Waals surface area contributed by atoms with Crippen molar-refractivity contribution in [2.24, 2.45) is 0 Å². The number of benzene rings is 2. The smallest absolute Gasteiger partial charge is 0.336 e. The van der Waals surface area contributed by atoms with Crippen LogP contribution in [0.5, 0.6) is 5.75 Å². The van der Waals surface area contributed by atoms with Gasteiger partial charge in [0.15, 0.2) is 11.6 Å². The molecule has 6 heteroatoms. The maximum Gasteiger partial charge on any atom is 0.336 e.